The summed E-state index contributed by atoms with van der Waals surface area (Å²) in [5.74, 6) is -0.203. The van der Waals surface area contributed by atoms with Crippen molar-refractivity contribution in [1.29, 1.82) is 0 Å². The first-order valence-electron chi connectivity index (χ1n) is 6.43. The number of aromatic hydroxyl groups is 1. The number of benzene rings is 1. The fourth-order valence-corrected chi connectivity index (χ4v) is 2.66. The number of likely N-dealkylation sites (tertiary alicyclic amines) is 1. The SMILES string of the molecule is CN1CCCC(N(C)C(=O)c2cc(Cl)ccc2O)C1. The number of phenols is 1. The maximum absolute atomic E-state index is 12.4. The van der Waals surface area contributed by atoms with E-state index in [1.807, 2.05) is 0 Å². The molecule has 0 saturated carbocycles. The fourth-order valence-electron chi connectivity index (χ4n) is 2.49. The summed E-state index contributed by atoms with van der Waals surface area (Å²) in [6.45, 7) is 1.94. The van der Waals surface area contributed by atoms with Crippen LogP contribution in [0.2, 0.25) is 5.02 Å². The third-order valence-electron chi connectivity index (χ3n) is 3.66. The summed E-state index contributed by atoms with van der Waals surface area (Å²) >= 11 is 5.88. The van der Waals surface area contributed by atoms with Crippen LogP contribution in [0.1, 0.15) is 23.2 Å². The van der Waals surface area contributed by atoms with Crippen molar-refractivity contribution < 1.29 is 9.90 Å². The minimum Gasteiger partial charge on any atom is -0.507 e. The van der Waals surface area contributed by atoms with Gasteiger partial charge in [-0.3, -0.25) is 4.79 Å². The highest BCUT2D eigenvalue weighted by molar-refractivity contribution is 6.31. The first kappa shape index (κ1) is 14.2. The monoisotopic (exact) mass is 282 g/mol. The minimum absolute atomic E-state index is 0.0228. The van der Waals surface area contributed by atoms with Crippen LogP contribution < -0.4 is 0 Å². The van der Waals surface area contributed by atoms with E-state index in [0.717, 1.165) is 25.9 Å². The van der Waals surface area contributed by atoms with Crippen molar-refractivity contribution >= 4 is 17.5 Å². The van der Waals surface area contributed by atoms with Gasteiger partial charge in [-0.05, 0) is 44.6 Å². The minimum atomic E-state index is -0.180. The Morgan fingerprint density at radius 2 is 2.26 bits per heavy atom. The Morgan fingerprint density at radius 3 is 2.95 bits per heavy atom. The van der Waals surface area contributed by atoms with E-state index in [1.165, 1.54) is 12.1 Å². The third kappa shape index (κ3) is 3.19. The number of hydrogen-bond donors (Lipinski definition) is 1. The second-order valence-electron chi connectivity index (χ2n) is 5.14. The van der Waals surface area contributed by atoms with Gasteiger partial charge in [-0.1, -0.05) is 11.6 Å². The summed E-state index contributed by atoms with van der Waals surface area (Å²) in [4.78, 5) is 16.3. The van der Waals surface area contributed by atoms with Gasteiger partial charge in [0.05, 0.1) is 5.56 Å². The second kappa shape index (κ2) is 5.80. The van der Waals surface area contributed by atoms with Gasteiger partial charge in [0.1, 0.15) is 5.75 Å². The van der Waals surface area contributed by atoms with Gasteiger partial charge in [0, 0.05) is 24.7 Å². The second-order valence-corrected chi connectivity index (χ2v) is 5.57. The predicted octanol–water partition coefficient (Wildman–Crippen LogP) is 2.21. The van der Waals surface area contributed by atoms with Gasteiger partial charge in [-0.25, -0.2) is 0 Å². The van der Waals surface area contributed by atoms with Crippen LogP contribution in [0.25, 0.3) is 0 Å². The third-order valence-corrected chi connectivity index (χ3v) is 3.89. The van der Waals surface area contributed by atoms with E-state index in [1.54, 1.807) is 18.0 Å². The van der Waals surface area contributed by atoms with Gasteiger partial charge < -0.3 is 14.9 Å². The van der Waals surface area contributed by atoms with Crippen molar-refractivity contribution in [3.63, 3.8) is 0 Å². The number of rotatable bonds is 2. The molecular weight excluding hydrogens is 264 g/mol. The van der Waals surface area contributed by atoms with Crippen LogP contribution in [0.4, 0.5) is 0 Å². The average molecular weight is 283 g/mol. The normalized spacial score (nSPS) is 20.3. The zero-order valence-corrected chi connectivity index (χ0v) is 12.0. The summed E-state index contributed by atoms with van der Waals surface area (Å²) in [5, 5.41) is 10.2. The van der Waals surface area contributed by atoms with Crippen molar-refractivity contribution in [2.24, 2.45) is 0 Å². The molecule has 1 aromatic carbocycles. The van der Waals surface area contributed by atoms with E-state index >= 15 is 0 Å². The number of carbonyl (C=O) groups is 1. The highest BCUT2D eigenvalue weighted by atomic mass is 35.5. The summed E-state index contributed by atoms with van der Waals surface area (Å²) in [6, 6.07) is 4.73. The van der Waals surface area contributed by atoms with E-state index in [0.29, 0.717) is 5.02 Å². The van der Waals surface area contributed by atoms with Crippen molar-refractivity contribution in [3.8, 4) is 5.75 Å². The smallest absolute Gasteiger partial charge is 0.257 e. The molecule has 1 aliphatic rings. The Morgan fingerprint density at radius 1 is 1.53 bits per heavy atom. The Balaban J connectivity index is 2.16. The summed E-state index contributed by atoms with van der Waals surface area (Å²) in [7, 11) is 3.84. The molecule has 1 amide bonds. The molecule has 0 aliphatic carbocycles. The van der Waals surface area contributed by atoms with Crippen LogP contribution in [-0.4, -0.2) is 54.0 Å². The lowest BCUT2D eigenvalue weighted by atomic mass is 10.0. The molecule has 1 atom stereocenters. The number of phenolic OH excluding ortho intramolecular Hbond substituents is 1. The Kier molecular flexibility index (Phi) is 4.32. The highest BCUT2D eigenvalue weighted by Gasteiger charge is 2.26. The maximum Gasteiger partial charge on any atom is 0.257 e. The van der Waals surface area contributed by atoms with E-state index in [2.05, 4.69) is 11.9 Å². The van der Waals surface area contributed by atoms with E-state index in [9.17, 15) is 9.90 Å². The Hall–Kier alpha value is -1.26. The number of piperidine rings is 1. The van der Waals surface area contributed by atoms with Crippen molar-refractivity contribution in [3.05, 3.63) is 28.8 Å². The molecule has 0 radical (unpaired) electrons. The first-order valence-corrected chi connectivity index (χ1v) is 6.81. The maximum atomic E-state index is 12.4. The van der Waals surface area contributed by atoms with Crippen molar-refractivity contribution in [2.45, 2.75) is 18.9 Å². The molecular formula is C14H19ClN2O2. The van der Waals surface area contributed by atoms with Gasteiger partial charge in [0.15, 0.2) is 0 Å². The van der Waals surface area contributed by atoms with E-state index < -0.39 is 0 Å². The van der Waals surface area contributed by atoms with E-state index in [4.69, 9.17) is 11.6 Å². The molecule has 1 heterocycles. The quantitative estimate of drug-likeness (QED) is 0.904. The average Bonchev–Trinajstić information content (AvgIpc) is 2.40. The number of hydrogen-bond acceptors (Lipinski definition) is 3. The fraction of sp³-hybridized carbons (Fsp3) is 0.500. The molecule has 1 aliphatic heterocycles. The lowest BCUT2D eigenvalue weighted by Crippen LogP contribution is -2.47. The number of halogens is 1. The first-order chi connectivity index (χ1) is 8.99. The Labute approximate surface area is 118 Å². The lowest BCUT2D eigenvalue weighted by molar-refractivity contribution is 0.0641. The van der Waals surface area contributed by atoms with Crippen LogP contribution in [0.5, 0.6) is 5.75 Å². The molecule has 1 unspecified atom stereocenters. The molecule has 4 nitrogen and oxygen atoms in total. The van der Waals surface area contributed by atoms with E-state index in [-0.39, 0.29) is 23.3 Å². The predicted molar refractivity (Wildman–Crippen MR) is 75.7 cm³/mol. The standard InChI is InChI=1S/C14H19ClN2O2/c1-16-7-3-4-11(9-16)17(2)14(19)12-8-10(15)5-6-13(12)18/h5-6,8,11,18H,3-4,7,9H2,1-2H3. The summed E-state index contributed by atoms with van der Waals surface area (Å²) < 4.78 is 0. The summed E-state index contributed by atoms with van der Waals surface area (Å²) in [5.41, 5.74) is 0.267. The zero-order chi connectivity index (χ0) is 14.0. The molecule has 1 saturated heterocycles. The van der Waals surface area contributed by atoms with Crippen LogP contribution in [0, 0.1) is 0 Å². The highest BCUT2D eigenvalue weighted by Crippen LogP contribution is 2.24. The Bertz CT molecular complexity index is 479. The molecule has 0 aromatic heterocycles. The zero-order valence-electron chi connectivity index (χ0n) is 11.3. The summed E-state index contributed by atoms with van der Waals surface area (Å²) in [6.07, 6.45) is 2.08. The number of nitrogens with zero attached hydrogens (tertiary/aromatic N) is 2. The molecule has 19 heavy (non-hydrogen) atoms. The van der Waals surface area contributed by atoms with Crippen molar-refractivity contribution in [1.82, 2.24) is 9.80 Å². The number of amides is 1. The van der Waals surface area contributed by atoms with Crippen LogP contribution in [-0.2, 0) is 0 Å². The molecule has 5 heteroatoms. The van der Waals surface area contributed by atoms with Gasteiger partial charge in [0.25, 0.3) is 5.91 Å². The van der Waals surface area contributed by atoms with Gasteiger partial charge >= 0.3 is 0 Å². The molecule has 1 N–H and O–H groups in total. The van der Waals surface area contributed by atoms with Crippen LogP contribution in [0.3, 0.4) is 0 Å². The molecule has 2 rings (SSSR count). The molecule has 0 bridgehead atoms. The molecule has 0 spiro atoms. The van der Waals surface area contributed by atoms with Crippen LogP contribution in [0.15, 0.2) is 18.2 Å². The van der Waals surface area contributed by atoms with Gasteiger partial charge in [-0.15, -0.1) is 0 Å². The topological polar surface area (TPSA) is 43.8 Å². The molecule has 104 valence electrons. The molecule has 1 aromatic rings. The molecule has 1 fully saturated rings. The number of likely N-dealkylation sites (N-methyl/N-ethyl adjacent to an activating group) is 2. The number of carbonyl (C=O) groups excluding carboxylic acids is 1. The van der Waals surface area contributed by atoms with Gasteiger partial charge in [-0.2, -0.15) is 0 Å². The van der Waals surface area contributed by atoms with Crippen molar-refractivity contribution in [2.75, 3.05) is 27.2 Å². The van der Waals surface area contributed by atoms with Gasteiger partial charge in [0.2, 0.25) is 0 Å². The lowest BCUT2D eigenvalue weighted by Gasteiger charge is -2.36. The van der Waals surface area contributed by atoms with Crippen LogP contribution >= 0.6 is 11.6 Å². The largest absolute Gasteiger partial charge is 0.507 e.